The lowest BCUT2D eigenvalue weighted by Gasteiger charge is -2.15. The number of benzene rings is 1. The number of nitrogens with one attached hydrogen (secondary N) is 2. The molecule has 0 saturated carbocycles. The highest BCUT2D eigenvalue weighted by atomic mass is 35.5. The number of nitrogens with zero attached hydrogens (tertiary/aromatic N) is 1. The molecule has 0 spiro atoms. The minimum Gasteiger partial charge on any atom is -0.469 e. The molecule has 1 amide bonds. The first kappa shape index (κ1) is 17.7. The van der Waals surface area contributed by atoms with Gasteiger partial charge in [-0.25, -0.2) is 0 Å². The number of hydrogen-bond donors (Lipinski definition) is 2. The molecule has 0 unspecified atom stereocenters. The van der Waals surface area contributed by atoms with Gasteiger partial charge in [-0.15, -0.1) is 0 Å². The van der Waals surface area contributed by atoms with Gasteiger partial charge in [0.1, 0.15) is 5.69 Å². The summed E-state index contributed by atoms with van der Waals surface area (Å²) in [5, 5.41) is 16.4. The Morgan fingerprint density at radius 3 is 2.59 bits per heavy atom. The molecule has 0 aliphatic rings. The third-order valence-electron chi connectivity index (χ3n) is 2.86. The predicted octanol–water partition coefficient (Wildman–Crippen LogP) is 1.97. The molecule has 0 radical (unpaired) electrons. The van der Waals surface area contributed by atoms with E-state index >= 15 is 0 Å². The molecule has 0 saturated heterocycles. The van der Waals surface area contributed by atoms with Gasteiger partial charge in [0.25, 0.3) is 11.6 Å². The molecular weight excluding hydrogens is 314 g/mol. The number of anilines is 1. The average Bonchev–Trinajstić information content (AvgIpc) is 2.45. The summed E-state index contributed by atoms with van der Waals surface area (Å²) in [6.45, 7) is 1.67. The van der Waals surface area contributed by atoms with E-state index in [-0.39, 0.29) is 28.4 Å². The minimum atomic E-state index is -0.629. The molecule has 0 aliphatic carbocycles. The Hall–Kier alpha value is -2.35. The van der Waals surface area contributed by atoms with Gasteiger partial charge < -0.3 is 15.4 Å². The second-order valence-corrected chi connectivity index (χ2v) is 4.92. The summed E-state index contributed by atoms with van der Waals surface area (Å²) < 4.78 is 4.53. The number of halogens is 1. The highest BCUT2D eigenvalue weighted by Gasteiger charge is 2.22. The summed E-state index contributed by atoms with van der Waals surface area (Å²) in [4.78, 5) is 33.4. The number of amides is 1. The Morgan fingerprint density at radius 1 is 1.45 bits per heavy atom. The van der Waals surface area contributed by atoms with E-state index in [0.29, 0.717) is 0 Å². The summed E-state index contributed by atoms with van der Waals surface area (Å²) in [5.41, 5.74) is -0.180. The molecule has 0 bridgehead atoms. The highest BCUT2D eigenvalue weighted by Crippen LogP contribution is 2.32. The Kier molecular flexibility index (Phi) is 6.11. The number of nitro groups is 1. The van der Waals surface area contributed by atoms with Crippen LogP contribution in [0.25, 0.3) is 0 Å². The molecule has 9 heteroatoms. The van der Waals surface area contributed by atoms with E-state index in [0.717, 1.165) is 6.07 Å². The van der Waals surface area contributed by atoms with E-state index in [1.807, 2.05) is 0 Å². The second kappa shape index (κ2) is 7.60. The lowest BCUT2D eigenvalue weighted by Crippen LogP contribution is -2.22. The quantitative estimate of drug-likeness (QED) is 0.469. The van der Waals surface area contributed by atoms with Crippen molar-refractivity contribution in [1.82, 2.24) is 5.32 Å². The van der Waals surface area contributed by atoms with Crippen molar-refractivity contribution in [2.45, 2.75) is 19.4 Å². The van der Waals surface area contributed by atoms with Crippen LogP contribution in [-0.4, -0.2) is 37.0 Å². The van der Waals surface area contributed by atoms with Crippen molar-refractivity contribution in [2.75, 3.05) is 19.5 Å². The molecule has 0 aliphatic heterocycles. The van der Waals surface area contributed by atoms with Crippen molar-refractivity contribution >= 4 is 34.9 Å². The lowest BCUT2D eigenvalue weighted by molar-refractivity contribution is -0.384. The molecular formula is C13H16ClN3O5. The summed E-state index contributed by atoms with van der Waals surface area (Å²) in [6, 6.07) is 1.97. The molecule has 0 fully saturated rings. The van der Waals surface area contributed by atoms with Gasteiger partial charge in [0.05, 0.1) is 29.0 Å². The summed E-state index contributed by atoms with van der Waals surface area (Å²) in [7, 11) is 2.65. The van der Waals surface area contributed by atoms with E-state index in [1.54, 1.807) is 6.92 Å². The normalized spacial score (nSPS) is 11.5. The van der Waals surface area contributed by atoms with Crippen LogP contribution in [0.3, 0.4) is 0 Å². The number of carbonyl (C=O) groups is 2. The van der Waals surface area contributed by atoms with Crippen LogP contribution >= 0.6 is 11.6 Å². The van der Waals surface area contributed by atoms with Crippen LogP contribution in [0.5, 0.6) is 0 Å². The Bertz CT molecular complexity index is 606. The third-order valence-corrected chi connectivity index (χ3v) is 3.17. The predicted molar refractivity (Wildman–Crippen MR) is 81.2 cm³/mol. The van der Waals surface area contributed by atoms with Gasteiger partial charge in [0.2, 0.25) is 0 Å². The first-order valence-electron chi connectivity index (χ1n) is 6.33. The smallest absolute Gasteiger partial charge is 0.307 e. The van der Waals surface area contributed by atoms with Crippen molar-refractivity contribution in [3.05, 3.63) is 32.8 Å². The number of ether oxygens (including phenoxy) is 1. The fraction of sp³-hybridized carbons (Fsp3) is 0.385. The van der Waals surface area contributed by atoms with E-state index in [9.17, 15) is 19.7 Å². The SMILES string of the molecule is CNC(=O)c1cc([N+](=O)[O-])c(N[C@@H](C)CC(=O)OC)cc1Cl. The number of carbonyl (C=O) groups excluding carboxylic acids is 2. The van der Waals surface area contributed by atoms with Gasteiger partial charge in [-0.3, -0.25) is 19.7 Å². The van der Waals surface area contributed by atoms with Crippen LogP contribution in [0.4, 0.5) is 11.4 Å². The molecule has 2 N–H and O–H groups in total. The van der Waals surface area contributed by atoms with Crippen LogP contribution in [0, 0.1) is 10.1 Å². The molecule has 22 heavy (non-hydrogen) atoms. The number of rotatable bonds is 6. The standard InChI is InChI=1S/C13H16ClN3O5/c1-7(4-12(18)22-3)16-10-6-9(14)8(13(19)15-2)5-11(10)17(20)21/h5-7,16H,4H2,1-3H3,(H,15,19)/t7-/m0/s1. The topological polar surface area (TPSA) is 111 Å². The maximum atomic E-state index is 11.6. The van der Waals surface area contributed by atoms with Crippen LogP contribution in [0.1, 0.15) is 23.7 Å². The van der Waals surface area contributed by atoms with E-state index in [2.05, 4.69) is 15.4 Å². The van der Waals surface area contributed by atoms with Gasteiger partial charge >= 0.3 is 5.97 Å². The van der Waals surface area contributed by atoms with E-state index in [1.165, 1.54) is 20.2 Å². The first-order valence-corrected chi connectivity index (χ1v) is 6.71. The van der Waals surface area contributed by atoms with Crippen molar-refractivity contribution < 1.29 is 19.2 Å². The van der Waals surface area contributed by atoms with Crippen LogP contribution in [-0.2, 0) is 9.53 Å². The van der Waals surface area contributed by atoms with E-state index in [4.69, 9.17) is 11.6 Å². The van der Waals surface area contributed by atoms with Crippen LogP contribution in [0.15, 0.2) is 12.1 Å². The van der Waals surface area contributed by atoms with E-state index < -0.39 is 22.8 Å². The zero-order valence-corrected chi connectivity index (χ0v) is 13.1. The average molecular weight is 330 g/mol. The Balaban J connectivity index is 3.14. The van der Waals surface area contributed by atoms with Gasteiger partial charge in [-0.05, 0) is 13.0 Å². The second-order valence-electron chi connectivity index (χ2n) is 4.51. The van der Waals surface area contributed by atoms with Crippen molar-refractivity contribution in [1.29, 1.82) is 0 Å². The summed E-state index contributed by atoms with van der Waals surface area (Å²) in [6.07, 6.45) is 0.0302. The third kappa shape index (κ3) is 4.32. The van der Waals surface area contributed by atoms with Crippen LogP contribution < -0.4 is 10.6 Å². The first-order chi connectivity index (χ1) is 10.3. The van der Waals surface area contributed by atoms with Gasteiger partial charge in [0, 0.05) is 19.2 Å². The minimum absolute atomic E-state index is 0.00189. The van der Waals surface area contributed by atoms with Crippen molar-refractivity contribution in [3.63, 3.8) is 0 Å². The van der Waals surface area contributed by atoms with Gasteiger partial charge in [-0.1, -0.05) is 11.6 Å². The Morgan fingerprint density at radius 2 is 2.09 bits per heavy atom. The molecule has 0 heterocycles. The van der Waals surface area contributed by atoms with Crippen LogP contribution in [0.2, 0.25) is 5.02 Å². The molecule has 0 aromatic heterocycles. The zero-order chi connectivity index (χ0) is 16.9. The summed E-state index contributed by atoms with van der Waals surface area (Å²) in [5.74, 6) is -0.974. The molecule has 8 nitrogen and oxygen atoms in total. The maximum Gasteiger partial charge on any atom is 0.307 e. The molecule has 1 aromatic rings. The number of methoxy groups -OCH3 is 1. The fourth-order valence-electron chi connectivity index (χ4n) is 1.79. The maximum absolute atomic E-state index is 11.6. The fourth-order valence-corrected chi connectivity index (χ4v) is 2.04. The number of hydrogen-bond acceptors (Lipinski definition) is 6. The highest BCUT2D eigenvalue weighted by molar-refractivity contribution is 6.34. The molecule has 1 aromatic carbocycles. The Labute approximate surface area is 131 Å². The monoisotopic (exact) mass is 329 g/mol. The molecule has 1 atom stereocenters. The summed E-state index contributed by atoms with van der Waals surface area (Å²) >= 11 is 5.98. The van der Waals surface area contributed by atoms with Crippen molar-refractivity contribution in [3.8, 4) is 0 Å². The number of esters is 1. The van der Waals surface area contributed by atoms with Crippen molar-refractivity contribution in [2.24, 2.45) is 0 Å². The zero-order valence-electron chi connectivity index (χ0n) is 12.3. The number of nitro benzene ring substituents is 1. The largest absolute Gasteiger partial charge is 0.469 e. The van der Waals surface area contributed by atoms with Gasteiger partial charge in [0.15, 0.2) is 0 Å². The molecule has 1 rings (SSSR count). The molecule has 120 valence electrons. The van der Waals surface area contributed by atoms with Gasteiger partial charge in [-0.2, -0.15) is 0 Å². The lowest BCUT2D eigenvalue weighted by atomic mass is 10.1.